The van der Waals surface area contributed by atoms with Crippen LogP contribution in [0.4, 0.5) is 8.78 Å². The molecule has 1 aliphatic heterocycles. The highest BCUT2D eigenvalue weighted by atomic mass is 19.2. The number of rotatable bonds is 1. The number of para-hydroxylation sites is 1. The Morgan fingerprint density at radius 3 is 2.37 bits per heavy atom. The molecule has 0 spiro atoms. The summed E-state index contributed by atoms with van der Waals surface area (Å²) >= 11 is 0. The van der Waals surface area contributed by atoms with Gasteiger partial charge in [-0.3, -0.25) is 4.79 Å². The molecule has 0 aliphatic carbocycles. The summed E-state index contributed by atoms with van der Waals surface area (Å²) in [5, 5.41) is 0. The molecular weight excluding hydrogens is 250 g/mol. The quantitative estimate of drug-likeness (QED) is 0.785. The molecule has 0 fully saturated rings. The van der Waals surface area contributed by atoms with Crippen molar-refractivity contribution in [2.45, 2.75) is 12.0 Å². The smallest absolute Gasteiger partial charge is 0.312 e. The highest BCUT2D eigenvalue weighted by Crippen LogP contribution is 2.42. The van der Waals surface area contributed by atoms with E-state index in [0.717, 1.165) is 0 Å². The zero-order valence-corrected chi connectivity index (χ0v) is 9.85. The molecule has 1 heterocycles. The Hall–Kier alpha value is -2.23. The first-order chi connectivity index (χ1) is 9.13. The molecule has 2 unspecified atom stereocenters. The third-order valence-electron chi connectivity index (χ3n) is 3.13. The summed E-state index contributed by atoms with van der Waals surface area (Å²) in [6.07, 6.45) is -2.37. The number of benzene rings is 2. The van der Waals surface area contributed by atoms with E-state index in [1.54, 1.807) is 30.3 Å². The van der Waals surface area contributed by atoms with Crippen LogP contribution < -0.4 is 4.74 Å². The van der Waals surface area contributed by atoms with Crippen molar-refractivity contribution in [1.29, 1.82) is 0 Å². The van der Waals surface area contributed by atoms with E-state index in [4.69, 9.17) is 4.74 Å². The summed E-state index contributed by atoms with van der Waals surface area (Å²) in [5.74, 6) is -3.60. The predicted octanol–water partition coefficient (Wildman–Crippen LogP) is 3.42. The van der Waals surface area contributed by atoms with Crippen molar-refractivity contribution in [3.05, 3.63) is 65.7 Å². The van der Waals surface area contributed by atoms with Gasteiger partial charge in [-0.2, -0.15) is 4.39 Å². The Kier molecular flexibility index (Phi) is 2.59. The molecule has 2 aromatic rings. The number of alkyl halides is 2. The second-order valence-corrected chi connectivity index (χ2v) is 4.34. The normalized spacial score (nSPS) is 25.6. The molecule has 96 valence electrons. The monoisotopic (exact) mass is 260 g/mol. The fraction of sp³-hybridized carbons (Fsp3) is 0.133. The lowest BCUT2D eigenvalue weighted by molar-refractivity contribution is -0.120. The van der Waals surface area contributed by atoms with Gasteiger partial charge in [0.05, 0.1) is 5.56 Å². The van der Waals surface area contributed by atoms with E-state index in [-0.39, 0.29) is 16.9 Å². The van der Waals surface area contributed by atoms with E-state index in [0.29, 0.717) is 0 Å². The van der Waals surface area contributed by atoms with Gasteiger partial charge in [0.15, 0.2) is 0 Å². The lowest BCUT2D eigenvalue weighted by Gasteiger charge is -2.33. The van der Waals surface area contributed by atoms with Gasteiger partial charge in [0.2, 0.25) is 12.0 Å². The van der Waals surface area contributed by atoms with E-state index in [9.17, 15) is 13.6 Å². The Bertz CT molecular complexity index is 627. The van der Waals surface area contributed by atoms with Crippen molar-refractivity contribution in [3.63, 3.8) is 0 Å². The van der Waals surface area contributed by atoms with Crippen LogP contribution >= 0.6 is 0 Å². The second kappa shape index (κ2) is 4.16. The van der Waals surface area contributed by atoms with E-state index in [1.807, 2.05) is 0 Å². The summed E-state index contributed by atoms with van der Waals surface area (Å²) in [5.41, 5.74) is 0.0598. The maximum atomic E-state index is 14.8. The largest absolute Gasteiger partial charge is 0.450 e. The molecule has 2 aromatic carbocycles. The van der Waals surface area contributed by atoms with Crippen molar-refractivity contribution in [2.24, 2.45) is 0 Å². The average Bonchev–Trinajstić information content (AvgIpc) is 2.46. The Morgan fingerprint density at radius 1 is 1.00 bits per heavy atom. The summed E-state index contributed by atoms with van der Waals surface area (Å²) in [6.45, 7) is 0. The van der Waals surface area contributed by atoms with Gasteiger partial charge in [0.1, 0.15) is 5.75 Å². The molecule has 19 heavy (non-hydrogen) atoms. The molecule has 0 amide bonds. The van der Waals surface area contributed by atoms with E-state index < -0.39 is 17.8 Å². The molecule has 2 nitrogen and oxygen atoms in total. The van der Waals surface area contributed by atoms with Crippen LogP contribution in [0, 0.1) is 0 Å². The first kappa shape index (κ1) is 11.8. The van der Waals surface area contributed by atoms with Crippen LogP contribution in [0.15, 0.2) is 54.6 Å². The highest BCUT2D eigenvalue weighted by molar-refractivity contribution is 6.03. The fourth-order valence-electron chi connectivity index (χ4n) is 2.15. The standard InChI is InChI=1S/C15H10F2O2/c16-14-13(18)11-8-4-5-9-12(11)19-15(14,17)10-6-2-1-3-7-10/h1-9,14H. The Balaban J connectivity index is 2.13. The van der Waals surface area contributed by atoms with Crippen LogP contribution in [0.5, 0.6) is 5.75 Å². The average molecular weight is 260 g/mol. The number of hydrogen-bond donors (Lipinski definition) is 0. The number of ketones is 1. The molecule has 4 heteroatoms. The Morgan fingerprint density at radius 2 is 1.63 bits per heavy atom. The van der Waals surface area contributed by atoms with Gasteiger partial charge >= 0.3 is 5.85 Å². The fourth-order valence-corrected chi connectivity index (χ4v) is 2.15. The van der Waals surface area contributed by atoms with Gasteiger partial charge in [0.25, 0.3) is 0 Å². The maximum Gasteiger partial charge on any atom is 0.312 e. The van der Waals surface area contributed by atoms with Gasteiger partial charge < -0.3 is 4.74 Å². The molecule has 2 atom stereocenters. The van der Waals surface area contributed by atoms with Crippen LogP contribution in [0.1, 0.15) is 15.9 Å². The Labute approximate surface area is 108 Å². The minimum absolute atomic E-state index is 0.00893. The van der Waals surface area contributed by atoms with Gasteiger partial charge in [-0.15, -0.1) is 0 Å². The van der Waals surface area contributed by atoms with E-state index in [1.165, 1.54) is 24.3 Å². The number of halogens is 2. The minimum atomic E-state index is -2.77. The summed E-state index contributed by atoms with van der Waals surface area (Å²) in [4.78, 5) is 11.9. The number of carbonyl (C=O) groups excluding carboxylic acids is 1. The van der Waals surface area contributed by atoms with Crippen molar-refractivity contribution in [1.82, 2.24) is 0 Å². The molecular formula is C15H10F2O2. The van der Waals surface area contributed by atoms with Crippen molar-refractivity contribution >= 4 is 5.78 Å². The molecule has 0 aromatic heterocycles. The second-order valence-electron chi connectivity index (χ2n) is 4.34. The molecule has 0 bridgehead atoms. The summed E-state index contributed by atoms with van der Waals surface area (Å²) < 4.78 is 34.1. The molecule has 3 rings (SSSR count). The summed E-state index contributed by atoms with van der Waals surface area (Å²) in [7, 11) is 0. The molecule has 0 N–H and O–H groups in total. The topological polar surface area (TPSA) is 26.3 Å². The third-order valence-corrected chi connectivity index (χ3v) is 3.13. The molecule has 1 aliphatic rings. The van der Waals surface area contributed by atoms with Crippen LogP contribution in [0.25, 0.3) is 0 Å². The molecule has 0 saturated carbocycles. The molecule has 0 radical (unpaired) electrons. The number of Topliss-reactive ketones (excluding diaryl/α,β-unsaturated/α-hetero) is 1. The number of carbonyl (C=O) groups is 1. The number of ether oxygens (including phenoxy) is 1. The van der Waals surface area contributed by atoms with E-state index in [2.05, 4.69) is 0 Å². The molecule has 0 saturated heterocycles. The lowest BCUT2D eigenvalue weighted by Crippen LogP contribution is -2.46. The summed E-state index contributed by atoms with van der Waals surface area (Å²) in [6, 6.07) is 13.7. The third kappa shape index (κ3) is 1.71. The zero-order valence-electron chi connectivity index (χ0n) is 9.85. The van der Waals surface area contributed by atoms with Gasteiger partial charge in [0, 0.05) is 5.56 Å². The lowest BCUT2D eigenvalue weighted by atomic mass is 9.92. The number of fused-ring (bicyclic) bond motifs is 1. The zero-order chi connectivity index (χ0) is 13.5. The van der Waals surface area contributed by atoms with Crippen molar-refractivity contribution in [3.8, 4) is 5.75 Å². The van der Waals surface area contributed by atoms with Gasteiger partial charge in [-0.05, 0) is 12.1 Å². The maximum absolute atomic E-state index is 14.8. The SMILES string of the molecule is O=C1c2ccccc2OC(F)(c2ccccc2)C1F. The minimum Gasteiger partial charge on any atom is -0.450 e. The van der Waals surface area contributed by atoms with E-state index >= 15 is 0 Å². The number of hydrogen-bond acceptors (Lipinski definition) is 2. The van der Waals surface area contributed by atoms with Crippen molar-refractivity contribution < 1.29 is 18.3 Å². The van der Waals surface area contributed by atoms with Gasteiger partial charge in [-0.1, -0.05) is 42.5 Å². The first-order valence-electron chi connectivity index (χ1n) is 5.83. The van der Waals surface area contributed by atoms with Crippen LogP contribution in [0.3, 0.4) is 0 Å². The van der Waals surface area contributed by atoms with Crippen molar-refractivity contribution in [2.75, 3.05) is 0 Å². The van der Waals surface area contributed by atoms with Gasteiger partial charge in [-0.25, -0.2) is 4.39 Å². The predicted molar refractivity (Wildman–Crippen MR) is 65.5 cm³/mol. The van der Waals surface area contributed by atoms with Crippen LogP contribution in [-0.4, -0.2) is 12.0 Å². The van der Waals surface area contributed by atoms with Crippen LogP contribution in [-0.2, 0) is 5.85 Å². The van der Waals surface area contributed by atoms with Crippen LogP contribution in [0.2, 0.25) is 0 Å². The first-order valence-corrected chi connectivity index (χ1v) is 5.83. The highest BCUT2D eigenvalue weighted by Gasteiger charge is 2.52.